The van der Waals surface area contributed by atoms with Gasteiger partial charge >= 0.3 is 17.9 Å². The van der Waals surface area contributed by atoms with E-state index in [1.807, 2.05) is 0 Å². The predicted molar refractivity (Wildman–Crippen MR) is 232 cm³/mol. The lowest BCUT2D eigenvalue weighted by atomic mass is 10.1. The number of imide groups is 1. The van der Waals surface area contributed by atoms with Crippen LogP contribution in [0, 0.1) is 0 Å². The molecule has 0 aromatic rings. The van der Waals surface area contributed by atoms with Crippen LogP contribution in [0.25, 0.3) is 0 Å². The van der Waals surface area contributed by atoms with Gasteiger partial charge in [-0.2, -0.15) is 0 Å². The van der Waals surface area contributed by atoms with Crippen LogP contribution in [0.5, 0.6) is 0 Å². The van der Waals surface area contributed by atoms with Crippen molar-refractivity contribution in [3.05, 3.63) is 0 Å². The maximum atomic E-state index is 13.4. The second-order valence-electron chi connectivity index (χ2n) is 15.4. The first-order valence-corrected chi connectivity index (χ1v) is 22.1. The van der Waals surface area contributed by atoms with E-state index in [1.54, 1.807) is 14.7 Å². The zero-order chi connectivity index (χ0) is 49.6. The molecule has 3 fully saturated rings. The number of carbonyl (C=O) groups is 12. The first-order valence-electron chi connectivity index (χ1n) is 21.0. The van der Waals surface area contributed by atoms with E-state index in [2.05, 4.69) is 42.2 Å². The molecule has 0 spiro atoms. The highest BCUT2D eigenvalue weighted by Gasteiger charge is 2.39. The lowest BCUT2D eigenvalue weighted by molar-refractivity contribution is -0.143. The molecular weight excluding hydrogens is 913 g/mol. The average Bonchev–Trinajstić information content (AvgIpc) is 3.56. The molecule has 3 heterocycles. The molecule has 0 radical (unpaired) electrons. The number of aliphatic carboxylic acids is 3. The minimum atomic E-state index is -1.79. The van der Waals surface area contributed by atoms with E-state index in [4.69, 9.17) is 11.5 Å². The topological polar surface area (TPSA) is 427 Å². The van der Waals surface area contributed by atoms with Gasteiger partial charge in [0.2, 0.25) is 53.2 Å². The number of carboxylic acid groups (broad SMARTS) is 3. The lowest BCUT2D eigenvalue weighted by Crippen LogP contribution is -2.54. The molecule has 3 rings (SSSR count). The van der Waals surface area contributed by atoms with Crippen LogP contribution in [-0.2, 0) is 57.5 Å². The number of amides is 9. The molecule has 0 aliphatic carbocycles. The van der Waals surface area contributed by atoms with Crippen molar-refractivity contribution in [2.24, 2.45) is 16.5 Å². The number of likely N-dealkylation sites (tertiary alicyclic amines) is 1. The number of aliphatic imine (C=N–C) groups is 1. The summed E-state index contributed by atoms with van der Waals surface area (Å²) in [6.07, 6.45) is -0.992. The maximum Gasteiger partial charge on any atom is 0.326 e. The highest BCUT2D eigenvalue weighted by Crippen LogP contribution is 2.25. The van der Waals surface area contributed by atoms with E-state index in [0.717, 1.165) is 16.7 Å². The summed E-state index contributed by atoms with van der Waals surface area (Å²) >= 11 is 0.817. The van der Waals surface area contributed by atoms with Gasteiger partial charge in [0, 0.05) is 71.1 Å². The monoisotopic (exact) mass is 970 g/mol. The average molecular weight is 971 g/mol. The quantitative estimate of drug-likeness (QED) is 0.0279. The van der Waals surface area contributed by atoms with E-state index in [0.29, 0.717) is 39.3 Å². The van der Waals surface area contributed by atoms with Crippen molar-refractivity contribution in [3.63, 3.8) is 0 Å². The summed E-state index contributed by atoms with van der Waals surface area (Å²) in [5.41, 5.74) is 10.7. The van der Waals surface area contributed by atoms with Crippen LogP contribution in [-0.4, -0.2) is 239 Å². The van der Waals surface area contributed by atoms with Gasteiger partial charge in [-0.15, -0.1) is 11.8 Å². The van der Waals surface area contributed by atoms with Gasteiger partial charge in [-0.05, 0) is 12.8 Å². The van der Waals surface area contributed by atoms with Crippen molar-refractivity contribution >= 4 is 88.8 Å². The molecule has 0 saturated carbocycles. The fourth-order valence-corrected chi connectivity index (χ4v) is 7.94. The first kappa shape index (κ1) is 54.7. The number of rotatable bonds is 17. The SMILES string of the molecule is NC(N)=NCCC[C@@H]1NC(=O)CNC(=O)C[C@@H](C(=O)O)NC(=O)CNC(=O)[C@H](CSC2CC(=O)N(CCNC(=O)CN3CCN(CC(=O)O)CCN(CC(=O)O)CC3)C2=O)NC(=O)CNC1=O. The van der Waals surface area contributed by atoms with E-state index >= 15 is 0 Å². The number of hydrogen-bond acceptors (Lipinski definition) is 17. The number of carboxylic acids is 3. The summed E-state index contributed by atoms with van der Waals surface area (Å²) < 4.78 is 0. The van der Waals surface area contributed by atoms with Crippen molar-refractivity contribution in [1.29, 1.82) is 0 Å². The number of carbonyl (C=O) groups excluding carboxylic acids is 9. The number of thioether (sulfide) groups is 1. The summed E-state index contributed by atoms with van der Waals surface area (Å²) in [6, 6.07) is -4.57. The minimum Gasteiger partial charge on any atom is -0.480 e. The normalized spacial score (nSPS) is 23.0. The molecule has 1 unspecified atom stereocenters. The standard InChI is InChI=1S/C37H58N14O15S/c38-37(39)41-3-1-2-21-33(62)43-16-28(55)47-23(34(63)44-15-27(54)46-22(36(65)66)12-25(52)42-14-26(53)45-21)20-67-24-13-30(57)51(35(24)64)5-4-40-29(56)17-48-6-8-49(18-31(58)59)10-11-50(9-7-48)19-32(60)61/h21-24H,1-20H2,(H,40,56)(H,42,52)(H,43,62)(H,44,63)(H,45,53)(H,46,54)(H,47,55)(H,58,59)(H,60,61)(H,65,66)(H4,38,39,41)/t21-,22-,23-,24?/m0/s1. The first-order chi connectivity index (χ1) is 31.7. The molecule has 0 bridgehead atoms. The fraction of sp³-hybridized carbons (Fsp3) is 0.649. The molecule has 30 heteroatoms. The minimum absolute atomic E-state index is 0.0398. The molecule has 372 valence electrons. The zero-order valence-electron chi connectivity index (χ0n) is 36.5. The fourth-order valence-electron chi connectivity index (χ4n) is 6.75. The van der Waals surface area contributed by atoms with Gasteiger partial charge in [0.25, 0.3) is 0 Å². The van der Waals surface area contributed by atoms with Crippen LogP contribution in [0.3, 0.4) is 0 Å². The summed E-state index contributed by atoms with van der Waals surface area (Å²) in [5, 5.41) is 43.4. The van der Waals surface area contributed by atoms with Crippen LogP contribution >= 0.6 is 11.8 Å². The molecule has 3 aliphatic rings. The van der Waals surface area contributed by atoms with Gasteiger partial charge in [-0.1, -0.05) is 0 Å². The van der Waals surface area contributed by atoms with Gasteiger partial charge in [-0.25, -0.2) is 4.79 Å². The maximum absolute atomic E-state index is 13.4. The summed E-state index contributed by atoms with van der Waals surface area (Å²) in [5.74, 6) is -11.6. The van der Waals surface area contributed by atoms with Crippen molar-refractivity contribution in [3.8, 4) is 0 Å². The van der Waals surface area contributed by atoms with Gasteiger partial charge < -0.3 is 64.0 Å². The molecular formula is C37H58N14O15S. The Balaban J connectivity index is 1.65. The Hall–Kier alpha value is -6.66. The molecule has 67 heavy (non-hydrogen) atoms. The van der Waals surface area contributed by atoms with Gasteiger partial charge in [0.15, 0.2) is 5.96 Å². The summed E-state index contributed by atoms with van der Waals surface area (Å²) in [4.78, 5) is 161. The number of hydrogen-bond donors (Lipinski definition) is 12. The van der Waals surface area contributed by atoms with Crippen LogP contribution in [0.4, 0.5) is 0 Å². The second-order valence-corrected chi connectivity index (χ2v) is 16.7. The van der Waals surface area contributed by atoms with E-state index in [9.17, 15) is 72.9 Å². The van der Waals surface area contributed by atoms with E-state index in [-0.39, 0.29) is 70.2 Å². The van der Waals surface area contributed by atoms with Crippen LogP contribution in [0.15, 0.2) is 4.99 Å². The highest BCUT2D eigenvalue weighted by atomic mass is 32.2. The molecule has 4 atom stereocenters. The van der Waals surface area contributed by atoms with Gasteiger partial charge in [-0.3, -0.25) is 77.3 Å². The third-order valence-electron chi connectivity index (χ3n) is 10.2. The van der Waals surface area contributed by atoms with Crippen LogP contribution in [0.2, 0.25) is 0 Å². The third kappa shape index (κ3) is 20.6. The van der Waals surface area contributed by atoms with Crippen molar-refractivity contribution in [2.45, 2.75) is 49.1 Å². The van der Waals surface area contributed by atoms with Crippen LogP contribution in [0.1, 0.15) is 25.7 Å². The number of guanidine groups is 1. The summed E-state index contributed by atoms with van der Waals surface area (Å²) in [6.45, 7) is -1.38. The molecule has 29 nitrogen and oxygen atoms in total. The smallest absolute Gasteiger partial charge is 0.326 e. The molecule has 9 amide bonds. The Kier molecular flexibility index (Phi) is 22.6. The van der Waals surface area contributed by atoms with Crippen molar-refractivity contribution < 1.29 is 72.9 Å². The van der Waals surface area contributed by atoms with Gasteiger partial charge in [0.05, 0.1) is 50.9 Å². The summed E-state index contributed by atoms with van der Waals surface area (Å²) in [7, 11) is 0. The number of nitrogens with zero attached hydrogens (tertiary/aromatic N) is 5. The Bertz CT molecular complexity index is 1880. The predicted octanol–water partition coefficient (Wildman–Crippen LogP) is -8.60. The molecule has 3 saturated heterocycles. The molecule has 0 aromatic carbocycles. The Morgan fingerprint density at radius 1 is 0.672 bits per heavy atom. The van der Waals surface area contributed by atoms with Crippen molar-refractivity contribution in [2.75, 3.05) is 104 Å². The third-order valence-corrected chi connectivity index (χ3v) is 11.5. The molecule has 14 N–H and O–H groups in total. The second kappa shape index (κ2) is 27.7. The van der Waals surface area contributed by atoms with E-state index in [1.165, 1.54) is 0 Å². The van der Waals surface area contributed by atoms with Gasteiger partial charge in [0.1, 0.15) is 18.1 Å². The molecule has 0 aromatic heterocycles. The number of nitrogens with two attached hydrogens (primary N) is 2. The molecule has 3 aliphatic heterocycles. The van der Waals surface area contributed by atoms with Crippen LogP contribution < -0.4 is 48.7 Å². The Morgan fingerprint density at radius 3 is 1.72 bits per heavy atom. The van der Waals surface area contributed by atoms with E-state index < -0.39 is 121 Å². The largest absolute Gasteiger partial charge is 0.480 e. The zero-order valence-corrected chi connectivity index (χ0v) is 37.3. The Labute approximate surface area is 387 Å². The number of nitrogens with one attached hydrogen (secondary N) is 7. The Morgan fingerprint density at radius 2 is 1.18 bits per heavy atom. The lowest BCUT2D eigenvalue weighted by Gasteiger charge is -2.24. The van der Waals surface area contributed by atoms with Crippen molar-refractivity contribution in [1.82, 2.24) is 56.8 Å². The highest BCUT2D eigenvalue weighted by molar-refractivity contribution is 8.00.